The predicted octanol–water partition coefficient (Wildman–Crippen LogP) is 5.52. The predicted molar refractivity (Wildman–Crippen MR) is 95.3 cm³/mol. The van der Waals surface area contributed by atoms with Gasteiger partial charge in [0.2, 0.25) is 0 Å². The van der Waals surface area contributed by atoms with Crippen molar-refractivity contribution in [2.24, 2.45) is 0 Å². The number of halogens is 2. The standard InChI is InChI=1S/C18H15Cl2NO2/c1-2-3-11-23-17(22)12-13-7-4-5-10-16(13)21-18-14(19)8-6-9-15(18)20/h2-11,21H,1,12H2/b11-3+. The number of ether oxygens (including phenoxy) is 1. The maximum Gasteiger partial charge on any atom is 0.315 e. The van der Waals surface area contributed by atoms with Gasteiger partial charge >= 0.3 is 5.97 Å². The molecule has 0 atom stereocenters. The van der Waals surface area contributed by atoms with Crippen molar-refractivity contribution in [3.05, 3.63) is 83.1 Å². The zero-order chi connectivity index (χ0) is 16.7. The number of allylic oxidation sites excluding steroid dienone is 2. The third kappa shape index (κ3) is 4.88. The van der Waals surface area contributed by atoms with E-state index in [0.29, 0.717) is 15.7 Å². The number of benzene rings is 2. The van der Waals surface area contributed by atoms with Crippen LogP contribution in [0.1, 0.15) is 5.56 Å². The van der Waals surface area contributed by atoms with Gasteiger partial charge in [-0.1, -0.05) is 60.1 Å². The molecule has 118 valence electrons. The van der Waals surface area contributed by atoms with E-state index in [1.54, 1.807) is 24.3 Å². The molecule has 23 heavy (non-hydrogen) atoms. The van der Waals surface area contributed by atoms with Crippen LogP contribution in [0.4, 0.5) is 11.4 Å². The molecule has 3 nitrogen and oxygen atoms in total. The van der Waals surface area contributed by atoms with Crippen LogP contribution in [0.3, 0.4) is 0 Å². The van der Waals surface area contributed by atoms with Crippen LogP contribution in [-0.4, -0.2) is 5.97 Å². The quantitative estimate of drug-likeness (QED) is 0.424. The summed E-state index contributed by atoms with van der Waals surface area (Å²) in [5.74, 6) is -0.373. The highest BCUT2D eigenvalue weighted by atomic mass is 35.5. The average molecular weight is 348 g/mol. The van der Waals surface area contributed by atoms with Crippen molar-refractivity contribution in [3.8, 4) is 0 Å². The van der Waals surface area contributed by atoms with E-state index in [2.05, 4.69) is 11.9 Å². The summed E-state index contributed by atoms with van der Waals surface area (Å²) in [6.07, 6.45) is 4.50. The largest absolute Gasteiger partial charge is 0.434 e. The fourth-order valence-corrected chi connectivity index (χ4v) is 2.41. The SMILES string of the molecule is C=C/C=C/OC(=O)Cc1ccccc1Nc1c(Cl)cccc1Cl. The first-order chi connectivity index (χ1) is 11.1. The molecule has 0 saturated carbocycles. The molecule has 1 N–H and O–H groups in total. The molecule has 2 rings (SSSR count). The lowest BCUT2D eigenvalue weighted by molar-refractivity contribution is -0.137. The number of carbonyl (C=O) groups is 1. The second-order valence-corrected chi connectivity index (χ2v) is 5.42. The van der Waals surface area contributed by atoms with Gasteiger partial charge in [-0.25, -0.2) is 0 Å². The highest BCUT2D eigenvalue weighted by Gasteiger charge is 2.11. The van der Waals surface area contributed by atoms with Crippen molar-refractivity contribution in [1.29, 1.82) is 0 Å². The first kappa shape index (κ1) is 17.1. The van der Waals surface area contributed by atoms with E-state index in [1.807, 2.05) is 24.3 Å². The number of rotatable bonds is 6. The average Bonchev–Trinajstić information content (AvgIpc) is 2.53. The minimum Gasteiger partial charge on any atom is -0.434 e. The molecule has 0 aliphatic carbocycles. The number of anilines is 2. The number of hydrogen-bond donors (Lipinski definition) is 1. The molecule has 0 fully saturated rings. The van der Waals surface area contributed by atoms with Gasteiger partial charge in [-0.05, 0) is 29.8 Å². The highest BCUT2D eigenvalue weighted by molar-refractivity contribution is 6.39. The maximum absolute atomic E-state index is 11.8. The Bertz CT molecular complexity index is 721. The number of para-hydroxylation sites is 2. The molecule has 0 aromatic heterocycles. The van der Waals surface area contributed by atoms with Crippen LogP contribution in [0.5, 0.6) is 0 Å². The summed E-state index contributed by atoms with van der Waals surface area (Å²) in [6.45, 7) is 3.51. The molecule has 0 saturated heterocycles. The molecule has 5 heteroatoms. The van der Waals surface area contributed by atoms with Gasteiger partial charge in [-0.2, -0.15) is 0 Å². The lowest BCUT2D eigenvalue weighted by Gasteiger charge is -2.13. The van der Waals surface area contributed by atoms with Crippen LogP contribution in [0.25, 0.3) is 0 Å². The first-order valence-electron chi connectivity index (χ1n) is 6.88. The zero-order valence-corrected chi connectivity index (χ0v) is 13.8. The van der Waals surface area contributed by atoms with Gasteiger partial charge in [0, 0.05) is 5.69 Å². The molecule has 0 heterocycles. The van der Waals surface area contributed by atoms with E-state index < -0.39 is 0 Å². The summed E-state index contributed by atoms with van der Waals surface area (Å²) in [5, 5.41) is 4.18. The van der Waals surface area contributed by atoms with Crippen molar-refractivity contribution in [1.82, 2.24) is 0 Å². The van der Waals surface area contributed by atoms with Gasteiger partial charge < -0.3 is 10.1 Å². The molecule has 0 aliphatic heterocycles. The monoisotopic (exact) mass is 347 g/mol. The fourth-order valence-electron chi connectivity index (χ4n) is 1.92. The molecule has 0 spiro atoms. The summed E-state index contributed by atoms with van der Waals surface area (Å²) in [4.78, 5) is 11.8. The molecular weight excluding hydrogens is 333 g/mol. The third-order valence-corrected chi connectivity index (χ3v) is 3.62. The topological polar surface area (TPSA) is 38.3 Å². The Morgan fingerprint density at radius 1 is 1.13 bits per heavy atom. The van der Waals surface area contributed by atoms with Crippen LogP contribution in [0.2, 0.25) is 10.0 Å². The Kier molecular flexibility index (Phi) is 6.27. The molecule has 0 bridgehead atoms. The Morgan fingerprint density at radius 3 is 2.52 bits per heavy atom. The van der Waals surface area contributed by atoms with Crippen molar-refractivity contribution in [2.45, 2.75) is 6.42 Å². The Hall–Kier alpha value is -2.23. The van der Waals surface area contributed by atoms with E-state index in [0.717, 1.165) is 11.3 Å². The number of nitrogens with one attached hydrogen (secondary N) is 1. The third-order valence-electron chi connectivity index (χ3n) is 2.99. The summed E-state index contributed by atoms with van der Waals surface area (Å²) in [5.41, 5.74) is 2.12. The van der Waals surface area contributed by atoms with Crippen molar-refractivity contribution < 1.29 is 9.53 Å². The van der Waals surface area contributed by atoms with Gasteiger partial charge in [-0.15, -0.1) is 0 Å². The minimum absolute atomic E-state index is 0.118. The zero-order valence-electron chi connectivity index (χ0n) is 12.3. The van der Waals surface area contributed by atoms with E-state index in [-0.39, 0.29) is 12.4 Å². The summed E-state index contributed by atoms with van der Waals surface area (Å²) < 4.78 is 4.97. The first-order valence-corrected chi connectivity index (χ1v) is 7.63. The van der Waals surface area contributed by atoms with Crippen LogP contribution < -0.4 is 5.32 Å². The van der Waals surface area contributed by atoms with Gasteiger partial charge in [0.15, 0.2) is 0 Å². The van der Waals surface area contributed by atoms with Crippen LogP contribution in [0.15, 0.2) is 67.5 Å². The number of carbonyl (C=O) groups excluding carboxylic acids is 1. The van der Waals surface area contributed by atoms with E-state index in [4.69, 9.17) is 27.9 Å². The Labute approximate surface area is 145 Å². The molecule has 2 aromatic rings. The molecule has 0 amide bonds. The second-order valence-electron chi connectivity index (χ2n) is 4.61. The van der Waals surface area contributed by atoms with E-state index in [1.165, 1.54) is 12.3 Å². The van der Waals surface area contributed by atoms with Crippen LogP contribution in [0, 0.1) is 0 Å². The molecule has 0 aliphatic rings. The summed E-state index contributed by atoms with van der Waals surface area (Å²) >= 11 is 12.3. The minimum atomic E-state index is -0.373. The molecule has 2 aromatic carbocycles. The van der Waals surface area contributed by atoms with Crippen molar-refractivity contribution in [3.63, 3.8) is 0 Å². The molecule has 0 radical (unpaired) electrons. The van der Waals surface area contributed by atoms with E-state index in [9.17, 15) is 4.79 Å². The van der Waals surface area contributed by atoms with Crippen molar-refractivity contribution >= 4 is 40.5 Å². The lowest BCUT2D eigenvalue weighted by Crippen LogP contribution is -2.06. The number of hydrogen-bond acceptors (Lipinski definition) is 3. The second kappa shape index (κ2) is 8.42. The molecular formula is C18H15Cl2NO2. The van der Waals surface area contributed by atoms with Gasteiger partial charge in [0.05, 0.1) is 28.4 Å². The summed E-state index contributed by atoms with van der Waals surface area (Å²) in [7, 11) is 0. The highest BCUT2D eigenvalue weighted by Crippen LogP contribution is 2.33. The Balaban J connectivity index is 2.19. The van der Waals surface area contributed by atoms with Crippen LogP contribution >= 0.6 is 23.2 Å². The Morgan fingerprint density at radius 2 is 1.83 bits per heavy atom. The van der Waals surface area contributed by atoms with Gasteiger partial charge in [-0.3, -0.25) is 4.79 Å². The van der Waals surface area contributed by atoms with Gasteiger partial charge in [0.25, 0.3) is 0 Å². The smallest absolute Gasteiger partial charge is 0.315 e. The van der Waals surface area contributed by atoms with Gasteiger partial charge in [0.1, 0.15) is 0 Å². The maximum atomic E-state index is 11.8. The summed E-state index contributed by atoms with van der Waals surface area (Å²) in [6, 6.07) is 12.7. The molecule has 0 unspecified atom stereocenters. The van der Waals surface area contributed by atoms with E-state index >= 15 is 0 Å². The van der Waals surface area contributed by atoms with Crippen molar-refractivity contribution in [2.75, 3.05) is 5.32 Å². The number of esters is 1. The normalized spacial score (nSPS) is 10.5. The lowest BCUT2D eigenvalue weighted by atomic mass is 10.1. The van der Waals surface area contributed by atoms with Crippen LogP contribution in [-0.2, 0) is 16.0 Å². The fraction of sp³-hybridized carbons (Fsp3) is 0.0556.